The van der Waals surface area contributed by atoms with Crippen LogP contribution in [0.4, 0.5) is 0 Å². The minimum absolute atomic E-state index is 0. The van der Waals surface area contributed by atoms with E-state index in [0.29, 0.717) is 11.3 Å². The molecule has 0 amide bonds. The van der Waals surface area contributed by atoms with Gasteiger partial charge >= 0.3 is 0 Å². The molecule has 1 heterocycles. The van der Waals surface area contributed by atoms with Crippen molar-refractivity contribution >= 4 is 40.7 Å². The first-order valence-electron chi connectivity index (χ1n) is 10.7. The molecule has 2 rings (SSSR count). The molecule has 2 aliphatic rings. The lowest BCUT2D eigenvalue weighted by Gasteiger charge is -2.34. The van der Waals surface area contributed by atoms with Gasteiger partial charge in [-0.25, -0.2) is 0 Å². The number of hydrogen-bond acceptors (Lipinski definition) is 3. The van der Waals surface area contributed by atoms with Crippen LogP contribution >= 0.6 is 24.0 Å². The summed E-state index contributed by atoms with van der Waals surface area (Å²) in [6, 6.07) is 0.400. The van der Waals surface area contributed by atoms with Crippen LogP contribution in [0.3, 0.4) is 0 Å². The number of hydrogen-bond donors (Lipinski definition) is 2. The first kappa shape index (κ1) is 25.1. The number of nitrogens with one attached hydrogen (secondary N) is 2. The largest absolute Gasteiger partial charge is 0.357 e. The molecule has 1 aliphatic carbocycles. The van der Waals surface area contributed by atoms with E-state index in [2.05, 4.69) is 36.3 Å². The van der Waals surface area contributed by atoms with Gasteiger partial charge in [-0.2, -0.15) is 0 Å². The topological polar surface area (TPSA) is 56.7 Å². The summed E-state index contributed by atoms with van der Waals surface area (Å²) in [4.78, 5) is 7.38. The second-order valence-electron chi connectivity index (χ2n) is 8.27. The predicted octanol–water partition coefficient (Wildman–Crippen LogP) is 3.22. The third-order valence-corrected chi connectivity index (χ3v) is 7.34. The van der Waals surface area contributed by atoms with Gasteiger partial charge in [0.1, 0.15) is 0 Å². The van der Waals surface area contributed by atoms with Crippen LogP contribution in [0.2, 0.25) is 0 Å². The Morgan fingerprint density at radius 1 is 1.15 bits per heavy atom. The minimum atomic E-state index is -0.675. The van der Waals surface area contributed by atoms with Gasteiger partial charge in [-0.15, -0.1) is 24.0 Å². The average Bonchev–Trinajstić information content (AvgIpc) is 2.60. The summed E-state index contributed by atoms with van der Waals surface area (Å²) >= 11 is 0. The zero-order valence-electron chi connectivity index (χ0n) is 17.7. The standard InChI is InChI=1S/C20H40N4OS.HI/c1-5-21-20(22-10-11-24-14-16(3)12-17(4)15-24)23-18-8-7-9-19(13-18)26(25)6-2;/h16-19H,5-15H2,1-4H3,(H2,21,22,23);1H. The molecule has 27 heavy (non-hydrogen) atoms. The van der Waals surface area contributed by atoms with Gasteiger partial charge in [0.15, 0.2) is 5.96 Å². The van der Waals surface area contributed by atoms with Crippen LogP contribution in [0.15, 0.2) is 4.99 Å². The summed E-state index contributed by atoms with van der Waals surface area (Å²) in [7, 11) is -0.675. The maximum absolute atomic E-state index is 12.2. The van der Waals surface area contributed by atoms with Crippen molar-refractivity contribution in [2.75, 3.05) is 38.5 Å². The number of halogens is 1. The van der Waals surface area contributed by atoms with Gasteiger partial charge in [0.05, 0.1) is 6.54 Å². The third kappa shape index (κ3) is 8.98. The molecule has 5 unspecified atom stereocenters. The highest BCUT2D eigenvalue weighted by atomic mass is 127. The lowest BCUT2D eigenvalue weighted by Crippen LogP contribution is -2.47. The fraction of sp³-hybridized carbons (Fsp3) is 0.950. The van der Waals surface area contributed by atoms with E-state index in [1.165, 1.54) is 19.5 Å². The minimum Gasteiger partial charge on any atom is -0.357 e. The fourth-order valence-corrected chi connectivity index (χ4v) is 5.89. The van der Waals surface area contributed by atoms with Crippen LogP contribution in [-0.2, 0) is 10.8 Å². The van der Waals surface area contributed by atoms with Crippen LogP contribution in [-0.4, -0.2) is 64.8 Å². The van der Waals surface area contributed by atoms with Crippen molar-refractivity contribution in [1.82, 2.24) is 15.5 Å². The molecule has 5 atom stereocenters. The maximum atomic E-state index is 12.2. The van der Waals surface area contributed by atoms with Crippen molar-refractivity contribution in [1.29, 1.82) is 0 Å². The molecule has 5 nitrogen and oxygen atoms in total. The zero-order valence-corrected chi connectivity index (χ0v) is 20.9. The second-order valence-corrected chi connectivity index (χ2v) is 10.3. The Morgan fingerprint density at radius 2 is 1.85 bits per heavy atom. The maximum Gasteiger partial charge on any atom is 0.191 e. The highest BCUT2D eigenvalue weighted by Gasteiger charge is 2.26. The first-order valence-corrected chi connectivity index (χ1v) is 12.0. The third-order valence-electron chi connectivity index (χ3n) is 5.60. The summed E-state index contributed by atoms with van der Waals surface area (Å²) < 4.78 is 12.2. The van der Waals surface area contributed by atoms with Gasteiger partial charge in [0, 0.05) is 54.0 Å². The molecule has 7 heteroatoms. The molecule has 1 saturated carbocycles. The van der Waals surface area contributed by atoms with Crippen LogP contribution in [0.1, 0.15) is 59.8 Å². The van der Waals surface area contributed by atoms with E-state index in [-0.39, 0.29) is 24.0 Å². The monoisotopic (exact) mass is 512 g/mol. The Kier molecular flexibility index (Phi) is 12.4. The number of aliphatic imine (C=N–C) groups is 1. The summed E-state index contributed by atoms with van der Waals surface area (Å²) in [5.41, 5.74) is 0. The van der Waals surface area contributed by atoms with E-state index in [1.807, 2.05) is 6.92 Å². The Morgan fingerprint density at radius 3 is 2.48 bits per heavy atom. The summed E-state index contributed by atoms with van der Waals surface area (Å²) in [5, 5.41) is 7.35. The van der Waals surface area contributed by atoms with Gasteiger partial charge in [-0.3, -0.25) is 9.20 Å². The number of nitrogens with zero attached hydrogens (tertiary/aromatic N) is 2. The normalized spacial score (nSPS) is 31.0. The zero-order chi connectivity index (χ0) is 18.9. The van der Waals surface area contributed by atoms with Crippen LogP contribution in [0, 0.1) is 11.8 Å². The van der Waals surface area contributed by atoms with Crippen molar-refractivity contribution in [3.8, 4) is 0 Å². The Hall–Kier alpha value is 0.110. The van der Waals surface area contributed by atoms with Crippen molar-refractivity contribution in [2.45, 2.75) is 71.1 Å². The molecule has 0 aromatic heterocycles. The highest BCUT2D eigenvalue weighted by Crippen LogP contribution is 2.23. The number of piperidine rings is 1. The van der Waals surface area contributed by atoms with Gasteiger partial charge in [-0.1, -0.05) is 27.2 Å². The SMILES string of the molecule is CCNC(=NCCN1CC(C)CC(C)C1)NC1CCCC(S(=O)CC)C1.I. The van der Waals surface area contributed by atoms with E-state index < -0.39 is 10.8 Å². The van der Waals surface area contributed by atoms with Crippen LogP contribution in [0.5, 0.6) is 0 Å². The van der Waals surface area contributed by atoms with Crippen molar-refractivity contribution in [2.24, 2.45) is 16.8 Å². The smallest absolute Gasteiger partial charge is 0.191 e. The quantitative estimate of drug-likeness (QED) is 0.313. The molecule has 0 bridgehead atoms. The van der Waals surface area contributed by atoms with E-state index in [1.54, 1.807) is 0 Å². The average molecular weight is 513 g/mol. The summed E-state index contributed by atoms with van der Waals surface area (Å²) in [6.45, 7) is 14.0. The van der Waals surface area contributed by atoms with Crippen molar-refractivity contribution < 1.29 is 4.21 Å². The molecule has 0 aromatic rings. The molecule has 1 aliphatic heterocycles. The molecule has 2 N–H and O–H groups in total. The lowest BCUT2D eigenvalue weighted by atomic mass is 9.92. The van der Waals surface area contributed by atoms with E-state index >= 15 is 0 Å². The van der Waals surface area contributed by atoms with E-state index in [0.717, 1.165) is 68.9 Å². The van der Waals surface area contributed by atoms with Gasteiger partial charge in [0.2, 0.25) is 0 Å². The second kappa shape index (κ2) is 13.4. The van der Waals surface area contributed by atoms with Crippen LogP contribution < -0.4 is 10.6 Å². The summed E-state index contributed by atoms with van der Waals surface area (Å²) in [6.07, 6.45) is 5.79. The van der Waals surface area contributed by atoms with Gasteiger partial charge in [-0.05, 0) is 44.4 Å². The lowest BCUT2D eigenvalue weighted by molar-refractivity contribution is 0.145. The molecule has 0 radical (unpaired) electrons. The molecule has 0 spiro atoms. The van der Waals surface area contributed by atoms with Gasteiger partial charge in [0.25, 0.3) is 0 Å². The molecule has 2 fully saturated rings. The highest BCUT2D eigenvalue weighted by molar-refractivity contribution is 14.0. The van der Waals surface area contributed by atoms with Gasteiger partial charge < -0.3 is 15.5 Å². The van der Waals surface area contributed by atoms with E-state index in [4.69, 9.17) is 4.99 Å². The van der Waals surface area contributed by atoms with Crippen molar-refractivity contribution in [3.05, 3.63) is 0 Å². The number of guanidine groups is 1. The Bertz CT molecular complexity index is 467. The van der Waals surface area contributed by atoms with Crippen molar-refractivity contribution in [3.63, 3.8) is 0 Å². The summed E-state index contributed by atoms with van der Waals surface area (Å²) in [5.74, 6) is 3.30. The fourth-order valence-electron chi connectivity index (χ4n) is 4.54. The molecule has 1 saturated heterocycles. The molecule has 160 valence electrons. The molecular formula is C20H41IN4OS. The Labute approximate surface area is 186 Å². The first-order chi connectivity index (χ1) is 12.5. The molecule has 0 aromatic carbocycles. The number of rotatable bonds is 7. The van der Waals surface area contributed by atoms with E-state index in [9.17, 15) is 4.21 Å². The Balaban J connectivity index is 0.00000364. The van der Waals surface area contributed by atoms with Crippen LogP contribution in [0.25, 0.3) is 0 Å². The predicted molar refractivity (Wildman–Crippen MR) is 129 cm³/mol. The number of likely N-dealkylation sites (tertiary alicyclic amines) is 1. The molecular weight excluding hydrogens is 471 g/mol.